The van der Waals surface area contributed by atoms with Crippen LogP contribution in [0.5, 0.6) is 0 Å². The lowest BCUT2D eigenvalue weighted by Gasteiger charge is -2.18. The van der Waals surface area contributed by atoms with Gasteiger partial charge < -0.3 is 5.32 Å². The SMILES string of the molecule is CC1=Nn2cnnc2NC1C. The quantitative estimate of drug-likeness (QED) is 0.580. The average Bonchev–Trinajstić information content (AvgIpc) is 2.36. The summed E-state index contributed by atoms with van der Waals surface area (Å²) in [6, 6.07) is 0.256. The van der Waals surface area contributed by atoms with Gasteiger partial charge in [0.25, 0.3) is 0 Å². The molecular weight excluding hydrogens is 142 g/mol. The summed E-state index contributed by atoms with van der Waals surface area (Å²) in [5, 5.41) is 14.9. The Kier molecular flexibility index (Phi) is 1.18. The lowest BCUT2D eigenvalue weighted by Crippen LogP contribution is -2.29. The van der Waals surface area contributed by atoms with Crippen molar-refractivity contribution >= 4 is 11.7 Å². The predicted molar refractivity (Wildman–Crippen MR) is 41.6 cm³/mol. The van der Waals surface area contributed by atoms with Crippen LogP contribution in [0, 0.1) is 0 Å². The van der Waals surface area contributed by atoms with Crippen molar-refractivity contribution in [3.8, 4) is 0 Å². The van der Waals surface area contributed by atoms with Crippen molar-refractivity contribution in [2.45, 2.75) is 19.9 Å². The number of rotatable bonds is 0. The summed E-state index contributed by atoms with van der Waals surface area (Å²) in [5.74, 6) is 0.711. The molecule has 0 saturated heterocycles. The van der Waals surface area contributed by atoms with Gasteiger partial charge in [-0.2, -0.15) is 9.78 Å². The molecule has 0 radical (unpaired) electrons. The zero-order valence-corrected chi connectivity index (χ0v) is 6.44. The Morgan fingerprint density at radius 1 is 1.64 bits per heavy atom. The molecule has 0 bridgehead atoms. The van der Waals surface area contributed by atoms with Gasteiger partial charge in [0.05, 0.1) is 11.8 Å². The highest BCUT2D eigenvalue weighted by atomic mass is 15.5. The number of aromatic nitrogens is 3. The standard InChI is InChI=1S/C6H9N5/c1-4-5(2)10-11-3-7-9-6(11)8-4/h3-4H,1-2H3,(H,8,9). The first-order chi connectivity index (χ1) is 5.27. The first-order valence-corrected chi connectivity index (χ1v) is 3.49. The Morgan fingerprint density at radius 3 is 3.27 bits per heavy atom. The van der Waals surface area contributed by atoms with Crippen LogP contribution < -0.4 is 5.32 Å². The summed E-state index contributed by atoms with van der Waals surface area (Å²) < 4.78 is 1.63. The molecule has 1 unspecified atom stereocenters. The molecule has 1 aliphatic rings. The molecule has 58 valence electrons. The number of nitrogens with one attached hydrogen (secondary N) is 1. The topological polar surface area (TPSA) is 55.1 Å². The highest BCUT2D eigenvalue weighted by molar-refractivity contribution is 5.89. The maximum atomic E-state index is 4.23. The third-order valence-electron chi connectivity index (χ3n) is 1.77. The molecule has 0 aliphatic carbocycles. The molecule has 1 N–H and O–H groups in total. The molecule has 1 atom stereocenters. The van der Waals surface area contributed by atoms with Crippen molar-refractivity contribution in [3.63, 3.8) is 0 Å². The Bertz CT molecular complexity index is 300. The lowest BCUT2D eigenvalue weighted by molar-refractivity contribution is 0.806. The molecule has 5 heteroatoms. The predicted octanol–water partition coefficient (Wildman–Crippen LogP) is 0.316. The number of fused-ring (bicyclic) bond motifs is 1. The van der Waals surface area contributed by atoms with Crippen LogP contribution in [0.15, 0.2) is 11.4 Å². The van der Waals surface area contributed by atoms with Gasteiger partial charge >= 0.3 is 0 Å². The van der Waals surface area contributed by atoms with Crippen molar-refractivity contribution in [2.24, 2.45) is 5.10 Å². The molecule has 2 rings (SSSR count). The maximum absolute atomic E-state index is 4.23. The van der Waals surface area contributed by atoms with Crippen LogP contribution >= 0.6 is 0 Å². The molecule has 0 spiro atoms. The van der Waals surface area contributed by atoms with Gasteiger partial charge in [0.2, 0.25) is 5.95 Å². The van der Waals surface area contributed by atoms with E-state index in [1.165, 1.54) is 0 Å². The minimum atomic E-state index is 0.256. The number of nitrogens with zero attached hydrogens (tertiary/aromatic N) is 4. The Morgan fingerprint density at radius 2 is 2.45 bits per heavy atom. The van der Waals surface area contributed by atoms with E-state index in [9.17, 15) is 0 Å². The average molecular weight is 151 g/mol. The largest absolute Gasteiger partial charge is 0.345 e. The number of anilines is 1. The molecular formula is C6H9N5. The third kappa shape index (κ3) is 0.886. The van der Waals surface area contributed by atoms with Crippen LogP contribution in [0.25, 0.3) is 0 Å². The van der Waals surface area contributed by atoms with Crippen molar-refractivity contribution < 1.29 is 0 Å². The van der Waals surface area contributed by atoms with E-state index in [1.807, 2.05) is 13.8 Å². The van der Waals surface area contributed by atoms with E-state index in [2.05, 4.69) is 20.6 Å². The summed E-state index contributed by atoms with van der Waals surface area (Å²) in [4.78, 5) is 0. The van der Waals surface area contributed by atoms with Crippen LogP contribution in [0.4, 0.5) is 5.95 Å². The molecule has 2 heterocycles. The summed E-state index contributed by atoms with van der Waals surface area (Å²) in [5.41, 5.74) is 1.04. The monoisotopic (exact) mass is 151 g/mol. The fraction of sp³-hybridized carbons (Fsp3) is 0.500. The fourth-order valence-corrected chi connectivity index (χ4v) is 0.953. The van der Waals surface area contributed by atoms with Crippen molar-refractivity contribution in [2.75, 3.05) is 5.32 Å². The van der Waals surface area contributed by atoms with Gasteiger partial charge in [0.15, 0.2) is 0 Å². The van der Waals surface area contributed by atoms with Crippen LogP contribution in [-0.2, 0) is 0 Å². The molecule has 1 aromatic rings. The van der Waals surface area contributed by atoms with E-state index in [0.717, 1.165) is 5.71 Å². The first kappa shape index (κ1) is 6.33. The Labute approximate surface area is 64.1 Å². The first-order valence-electron chi connectivity index (χ1n) is 3.49. The summed E-state index contributed by atoms with van der Waals surface area (Å²) in [7, 11) is 0. The summed E-state index contributed by atoms with van der Waals surface area (Å²) in [6.07, 6.45) is 1.58. The molecule has 0 amide bonds. The highest BCUT2D eigenvalue weighted by Gasteiger charge is 2.15. The molecule has 0 saturated carbocycles. The van der Waals surface area contributed by atoms with Crippen molar-refractivity contribution in [1.82, 2.24) is 14.9 Å². The third-order valence-corrected chi connectivity index (χ3v) is 1.77. The molecule has 0 fully saturated rings. The zero-order valence-electron chi connectivity index (χ0n) is 6.44. The van der Waals surface area contributed by atoms with Gasteiger partial charge in [0, 0.05) is 0 Å². The second-order valence-electron chi connectivity index (χ2n) is 2.61. The van der Waals surface area contributed by atoms with E-state index < -0.39 is 0 Å². The van der Waals surface area contributed by atoms with E-state index >= 15 is 0 Å². The molecule has 11 heavy (non-hydrogen) atoms. The van der Waals surface area contributed by atoms with Gasteiger partial charge in [-0.3, -0.25) is 0 Å². The second kappa shape index (κ2) is 2.05. The Balaban J connectivity index is 2.47. The van der Waals surface area contributed by atoms with Gasteiger partial charge in [-0.1, -0.05) is 0 Å². The fourth-order valence-electron chi connectivity index (χ4n) is 0.953. The Hall–Kier alpha value is -1.39. The number of hydrogen-bond donors (Lipinski definition) is 1. The van der Waals surface area contributed by atoms with E-state index in [1.54, 1.807) is 11.0 Å². The van der Waals surface area contributed by atoms with Gasteiger partial charge in [0.1, 0.15) is 6.33 Å². The summed E-state index contributed by atoms with van der Waals surface area (Å²) >= 11 is 0. The van der Waals surface area contributed by atoms with Gasteiger partial charge in [-0.05, 0) is 13.8 Å². The van der Waals surface area contributed by atoms with Crippen LogP contribution in [0.1, 0.15) is 13.8 Å². The molecule has 5 nitrogen and oxygen atoms in total. The molecule has 1 aliphatic heterocycles. The highest BCUT2D eigenvalue weighted by Crippen LogP contribution is 2.10. The summed E-state index contributed by atoms with van der Waals surface area (Å²) in [6.45, 7) is 4.01. The van der Waals surface area contributed by atoms with Gasteiger partial charge in [-0.25, -0.2) is 0 Å². The lowest BCUT2D eigenvalue weighted by atomic mass is 10.2. The van der Waals surface area contributed by atoms with Crippen LogP contribution in [-0.4, -0.2) is 26.6 Å². The smallest absolute Gasteiger partial charge is 0.245 e. The van der Waals surface area contributed by atoms with Crippen LogP contribution in [0.2, 0.25) is 0 Å². The molecule has 1 aromatic heterocycles. The number of hydrogen-bond acceptors (Lipinski definition) is 4. The zero-order chi connectivity index (χ0) is 7.84. The van der Waals surface area contributed by atoms with E-state index in [4.69, 9.17) is 0 Å². The normalized spacial score (nSPS) is 22.0. The minimum Gasteiger partial charge on any atom is -0.345 e. The van der Waals surface area contributed by atoms with E-state index in [-0.39, 0.29) is 6.04 Å². The van der Waals surface area contributed by atoms with Crippen LogP contribution in [0.3, 0.4) is 0 Å². The maximum Gasteiger partial charge on any atom is 0.245 e. The van der Waals surface area contributed by atoms with Gasteiger partial charge in [-0.15, -0.1) is 10.2 Å². The molecule has 0 aromatic carbocycles. The van der Waals surface area contributed by atoms with Crippen molar-refractivity contribution in [3.05, 3.63) is 6.33 Å². The van der Waals surface area contributed by atoms with Crippen molar-refractivity contribution in [1.29, 1.82) is 0 Å². The second-order valence-corrected chi connectivity index (χ2v) is 2.61. The minimum absolute atomic E-state index is 0.256. The van der Waals surface area contributed by atoms with E-state index in [0.29, 0.717) is 5.95 Å².